The van der Waals surface area contributed by atoms with Crippen molar-refractivity contribution < 1.29 is 13.3 Å². The van der Waals surface area contributed by atoms with Gasteiger partial charge in [0.15, 0.2) is 5.45 Å². The second kappa shape index (κ2) is 9.49. The van der Waals surface area contributed by atoms with Gasteiger partial charge in [-0.25, -0.2) is 4.98 Å². The van der Waals surface area contributed by atoms with Crippen LogP contribution in [0.3, 0.4) is 0 Å². The van der Waals surface area contributed by atoms with Crippen molar-refractivity contribution >= 4 is 26.7 Å². The van der Waals surface area contributed by atoms with Crippen LogP contribution in [0.1, 0.15) is 34.1 Å². The Labute approximate surface area is 123 Å². The number of rotatable bonds is 9. The van der Waals surface area contributed by atoms with Crippen LogP contribution in [-0.4, -0.2) is 38.2 Å². The molecule has 0 aliphatic heterocycles. The maximum absolute atomic E-state index is 5.85. The highest BCUT2D eigenvalue weighted by Gasteiger charge is 2.47. The lowest BCUT2D eigenvalue weighted by atomic mass is 10.5. The van der Waals surface area contributed by atoms with Crippen LogP contribution in [0.2, 0.25) is 0 Å². The molecule has 1 heterocycles. The smallest absolute Gasteiger partial charge is 0.369 e. The molecule has 0 spiro atoms. The Bertz CT molecular complexity index is 332. The van der Waals surface area contributed by atoms with E-state index in [4.69, 9.17) is 13.3 Å². The lowest BCUT2D eigenvalue weighted by molar-refractivity contribution is 0.0833. The molecule has 0 saturated heterocycles. The zero-order valence-electron chi connectivity index (χ0n) is 12.2. The highest BCUT2D eigenvalue weighted by molar-refractivity contribution is 6.74. The summed E-state index contributed by atoms with van der Waals surface area (Å²) in [6.07, 6.45) is 4.78. The zero-order valence-corrected chi connectivity index (χ0v) is 14.0. The summed E-state index contributed by atoms with van der Waals surface area (Å²) in [6, 6.07) is 0. The molecule has 0 bridgehead atoms. The van der Waals surface area contributed by atoms with E-state index in [1.165, 1.54) is 0 Å². The van der Waals surface area contributed by atoms with Crippen molar-refractivity contribution in [3.63, 3.8) is 0 Å². The van der Waals surface area contributed by atoms with Crippen molar-refractivity contribution in [1.82, 2.24) is 9.55 Å². The Morgan fingerprint density at radius 2 is 1.58 bits per heavy atom. The molecule has 0 aliphatic rings. The quantitative estimate of drug-likeness (QED) is 0.654. The summed E-state index contributed by atoms with van der Waals surface area (Å²) >= 11 is 0. The average Bonchev–Trinajstić information content (AvgIpc) is 2.79. The van der Waals surface area contributed by atoms with Crippen LogP contribution in [0, 0.1) is 0 Å². The summed E-state index contributed by atoms with van der Waals surface area (Å²) < 4.78 is 19.6. The molecule has 112 valence electrons. The predicted octanol–water partition coefficient (Wildman–Crippen LogP) is 1.97. The van der Waals surface area contributed by atoms with E-state index in [-0.39, 0.29) is 12.4 Å². The molecule has 7 heteroatoms. The van der Waals surface area contributed by atoms with Gasteiger partial charge in [-0.3, -0.25) is 0 Å². The van der Waals surface area contributed by atoms with E-state index >= 15 is 0 Å². The number of hydrogen-bond acceptors (Lipinski definition) is 4. The van der Waals surface area contributed by atoms with Gasteiger partial charge in [-0.15, -0.1) is 12.4 Å². The SMILES string of the molecule is CCCn1ccnc1[Si](OCC)(OCC)OCC.Cl. The first-order chi connectivity index (χ1) is 8.74. The van der Waals surface area contributed by atoms with Crippen LogP contribution in [0.4, 0.5) is 0 Å². The standard InChI is InChI=1S/C12H24N2O3Si.ClH/c1-5-10-14-11-9-13-12(14)18(15-6-2,16-7-3)17-8-4;/h9,11H,5-8,10H2,1-4H3;1H. The minimum absolute atomic E-state index is 0. The molecular formula is C12H25ClN2O3Si. The minimum atomic E-state index is -2.85. The lowest BCUT2D eigenvalue weighted by Gasteiger charge is -2.28. The Balaban J connectivity index is 0.00000324. The summed E-state index contributed by atoms with van der Waals surface area (Å²) in [5, 5.41) is 0. The summed E-state index contributed by atoms with van der Waals surface area (Å²) in [6.45, 7) is 10.6. The van der Waals surface area contributed by atoms with Crippen LogP contribution in [0.15, 0.2) is 12.4 Å². The number of aromatic nitrogens is 2. The van der Waals surface area contributed by atoms with Gasteiger partial charge in [0.1, 0.15) is 0 Å². The van der Waals surface area contributed by atoms with E-state index < -0.39 is 8.80 Å². The van der Waals surface area contributed by atoms with E-state index in [1.54, 1.807) is 6.20 Å². The van der Waals surface area contributed by atoms with Gasteiger partial charge in [-0.1, -0.05) is 6.92 Å². The fourth-order valence-electron chi connectivity index (χ4n) is 1.89. The molecule has 0 aromatic carbocycles. The average molecular weight is 309 g/mol. The van der Waals surface area contributed by atoms with Crippen LogP contribution in [0.5, 0.6) is 0 Å². The first-order valence-electron chi connectivity index (χ1n) is 6.67. The van der Waals surface area contributed by atoms with Crippen LogP contribution in [0.25, 0.3) is 0 Å². The third kappa shape index (κ3) is 4.57. The summed E-state index contributed by atoms with van der Waals surface area (Å²) in [4.78, 5) is 4.41. The first kappa shape index (κ1) is 18.6. The summed E-state index contributed by atoms with van der Waals surface area (Å²) in [7, 11) is -2.85. The van der Waals surface area contributed by atoms with Crippen molar-refractivity contribution in [1.29, 1.82) is 0 Å². The van der Waals surface area contributed by atoms with E-state index in [0.717, 1.165) is 18.4 Å². The van der Waals surface area contributed by atoms with Gasteiger partial charge in [-0.2, -0.15) is 0 Å². The third-order valence-electron chi connectivity index (χ3n) is 2.46. The Hall–Kier alpha value is -0.403. The van der Waals surface area contributed by atoms with Crippen LogP contribution < -0.4 is 5.45 Å². The molecule has 0 unspecified atom stereocenters. The van der Waals surface area contributed by atoms with Gasteiger partial charge >= 0.3 is 8.80 Å². The molecule has 5 nitrogen and oxygen atoms in total. The first-order valence-corrected chi connectivity index (χ1v) is 8.39. The van der Waals surface area contributed by atoms with Crippen molar-refractivity contribution in [2.45, 2.75) is 40.7 Å². The van der Waals surface area contributed by atoms with Crippen molar-refractivity contribution in [2.75, 3.05) is 19.8 Å². The highest BCUT2D eigenvalue weighted by Crippen LogP contribution is 2.10. The molecule has 19 heavy (non-hydrogen) atoms. The number of nitrogens with zero attached hydrogens (tertiary/aromatic N) is 2. The molecule has 0 atom stereocenters. The number of aryl methyl sites for hydroxylation is 1. The van der Waals surface area contributed by atoms with Crippen molar-refractivity contribution in [3.8, 4) is 0 Å². The fraction of sp³-hybridized carbons (Fsp3) is 0.750. The molecule has 1 rings (SSSR count). The minimum Gasteiger partial charge on any atom is -0.369 e. The molecule has 0 N–H and O–H groups in total. The molecule has 1 aromatic heterocycles. The van der Waals surface area contributed by atoms with Gasteiger partial charge in [0.2, 0.25) is 0 Å². The van der Waals surface area contributed by atoms with Gasteiger partial charge < -0.3 is 17.8 Å². The van der Waals surface area contributed by atoms with Crippen LogP contribution >= 0.6 is 12.4 Å². The van der Waals surface area contributed by atoms with Crippen LogP contribution in [-0.2, 0) is 19.8 Å². The monoisotopic (exact) mass is 308 g/mol. The maximum Gasteiger partial charge on any atom is 0.574 e. The number of hydrogen-bond donors (Lipinski definition) is 0. The number of imidazole rings is 1. The third-order valence-corrected chi connectivity index (χ3v) is 5.43. The molecule has 0 fully saturated rings. The Morgan fingerprint density at radius 3 is 2.00 bits per heavy atom. The molecule has 0 radical (unpaired) electrons. The number of halogens is 1. The predicted molar refractivity (Wildman–Crippen MR) is 80.0 cm³/mol. The fourth-order valence-corrected chi connectivity index (χ4v) is 4.44. The summed E-state index contributed by atoms with van der Waals surface area (Å²) in [5.74, 6) is 0. The van der Waals surface area contributed by atoms with Gasteiger partial charge in [0, 0.05) is 38.8 Å². The van der Waals surface area contributed by atoms with E-state index in [0.29, 0.717) is 19.8 Å². The van der Waals surface area contributed by atoms with Gasteiger partial charge in [0.05, 0.1) is 0 Å². The Morgan fingerprint density at radius 1 is 1.05 bits per heavy atom. The molecule has 1 aromatic rings. The van der Waals surface area contributed by atoms with Gasteiger partial charge in [-0.05, 0) is 27.2 Å². The second-order valence-corrected chi connectivity index (χ2v) is 6.23. The lowest BCUT2D eigenvalue weighted by Crippen LogP contribution is -2.60. The molecule has 0 saturated carbocycles. The largest absolute Gasteiger partial charge is 0.574 e. The topological polar surface area (TPSA) is 45.5 Å². The van der Waals surface area contributed by atoms with Crippen molar-refractivity contribution in [3.05, 3.63) is 12.4 Å². The highest BCUT2D eigenvalue weighted by atomic mass is 35.5. The molecular weight excluding hydrogens is 284 g/mol. The Kier molecular flexibility index (Phi) is 9.29. The maximum atomic E-state index is 5.85. The van der Waals surface area contributed by atoms with E-state index in [2.05, 4.69) is 16.5 Å². The zero-order chi connectivity index (χ0) is 13.4. The van der Waals surface area contributed by atoms with Gasteiger partial charge in [0.25, 0.3) is 0 Å². The second-order valence-electron chi connectivity index (χ2n) is 3.80. The van der Waals surface area contributed by atoms with Crippen molar-refractivity contribution in [2.24, 2.45) is 0 Å². The van der Waals surface area contributed by atoms with E-state index in [9.17, 15) is 0 Å². The summed E-state index contributed by atoms with van der Waals surface area (Å²) in [5.41, 5.74) is 0.815. The normalized spacial score (nSPS) is 11.4. The van der Waals surface area contributed by atoms with E-state index in [1.807, 2.05) is 27.0 Å². The molecule has 0 aliphatic carbocycles. The molecule has 0 amide bonds.